The smallest absolute Gasteiger partial charge is 0.170 e. The van der Waals surface area contributed by atoms with Crippen LogP contribution in [0.15, 0.2) is 29.4 Å². The van der Waals surface area contributed by atoms with Crippen LogP contribution in [0.5, 0.6) is 0 Å². The Hall–Kier alpha value is -1.63. The number of aliphatic hydroxyl groups is 2. The molecule has 0 amide bonds. The van der Waals surface area contributed by atoms with E-state index in [2.05, 4.69) is 10.5 Å². The summed E-state index contributed by atoms with van der Waals surface area (Å²) in [6, 6.07) is 7.13. The molecule has 0 heterocycles. The van der Waals surface area contributed by atoms with Crippen molar-refractivity contribution in [3.63, 3.8) is 0 Å². The number of amidine groups is 1. The summed E-state index contributed by atoms with van der Waals surface area (Å²) in [5.74, 6) is 0.0602. The van der Waals surface area contributed by atoms with Crippen LogP contribution in [0.3, 0.4) is 0 Å². The number of nitrogens with two attached hydrogens (primary N) is 1. The third-order valence-electron chi connectivity index (χ3n) is 2.77. The second kappa shape index (κ2) is 6.34. The second-order valence-corrected chi connectivity index (χ2v) is 4.41. The molecule has 0 radical (unpaired) electrons. The molecular formula is C12H19N3O3. The van der Waals surface area contributed by atoms with Gasteiger partial charge >= 0.3 is 0 Å². The Labute approximate surface area is 106 Å². The molecule has 0 aliphatic rings. The number of aliphatic hydroxyl groups excluding tert-OH is 2. The monoisotopic (exact) mass is 253 g/mol. The van der Waals surface area contributed by atoms with Gasteiger partial charge in [0.05, 0.1) is 18.8 Å². The number of oxime groups is 1. The molecule has 1 rings (SSSR count). The third-order valence-corrected chi connectivity index (χ3v) is 2.77. The maximum atomic E-state index is 9.13. The van der Waals surface area contributed by atoms with Gasteiger partial charge in [-0.3, -0.25) is 0 Å². The standard InChI is InChI=1S/C12H19N3O3/c1-12(7-16,8-17)14-6-9-2-4-10(5-3-9)11(13)15-18/h2-5,14,16-18H,6-8H2,1H3,(H2,13,15). The zero-order valence-corrected chi connectivity index (χ0v) is 10.3. The van der Waals surface area contributed by atoms with Crippen LogP contribution < -0.4 is 11.1 Å². The lowest BCUT2D eigenvalue weighted by molar-refractivity contribution is 0.103. The van der Waals surface area contributed by atoms with Gasteiger partial charge in [-0.15, -0.1) is 0 Å². The fourth-order valence-electron chi connectivity index (χ4n) is 1.33. The summed E-state index contributed by atoms with van der Waals surface area (Å²) >= 11 is 0. The molecule has 6 heteroatoms. The van der Waals surface area contributed by atoms with Gasteiger partial charge in [0.25, 0.3) is 0 Å². The van der Waals surface area contributed by atoms with Crippen molar-refractivity contribution in [2.24, 2.45) is 10.9 Å². The topological polar surface area (TPSA) is 111 Å². The molecule has 0 unspecified atom stereocenters. The Balaban J connectivity index is 2.65. The zero-order chi connectivity index (χ0) is 13.6. The molecule has 0 aliphatic heterocycles. The summed E-state index contributed by atoms with van der Waals surface area (Å²) in [5.41, 5.74) is 6.35. The van der Waals surface area contributed by atoms with E-state index in [-0.39, 0.29) is 19.0 Å². The lowest BCUT2D eigenvalue weighted by Crippen LogP contribution is -2.48. The van der Waals surface area contributed by atoms with Crippen LogP contribution in [0, 0.1) is 0 Å². The average molecular weight is 253 g/mol. The first-order chi connectivity index (χ1) is 8.54. The molecular weight excluding hydrogens is 234 g/mol. The highest BCUT2D eigenvalue weighted by molar-refractivity contribution is 5.96. The van der Waals surface area contributed by atoms with E-state index in [4.69, 9.17) is 21.2 Å². The minimum Gasteiger partial charge on any atom is -0.409 e. The number of benzene rings is 1. The van der Waals surface area contributed by atoms with Gasteiger partial charge in [0, 0.05) is 12.1 Å². The zero-order valence-electron chi connectivity index (χ0n) is 10.3. The Morgan fingerprint density at radius 2 is 1.83 bits per heavy atom. The Morgan fingerprint density at radius 3 is 2.28 bits per heavy atom. The van der Waals surface area contributed by atoms with Crippen LogP contribution in [-0.4, -0.2) is 40.0 Å². The summed E-state index contributed by atoms with van der Waals surface area (Å²) in [7, 11) is 0. The van der Waals surface area contributed by atoms with Crippen molar-refractivity contribution < 1.29 is 15.4 Å². The highest BCUT2D eigenvalue weighted by Crippen LogP contribution is 2.07. The predicted molar refractivity (Wildman–Crippen MR) is 68.4 cm³/mol. The molecule has 0 spiro atoms. The van der Waals surface area contributed by atoms with Gasteiger partial charge in [-0.05, 0) is 12.5 Å². The van der Waals surface area contributed by atoms with Crippen molar-refractivity contribution >= 4 is 5.84 Å². The van der Waals surface area contributed by atoms with Crippen molar-refractivity contribution in [2.75, 3.05) is 13.2 Å². The number of nitrogens with zero attached hydrogens (tertiary/aromatic N) is 1. The van der Waals surface area contributed by atoms with E-state index in [9.17, 15) is 0 Å². The SMILES string of the molecule is CC(CO)(CO)NCc1ccc(/C(N)=N/O)cc1. The highest BCUT2D eigenvalue weighted by Gasteiger charge is 2.20. The largest absolute Gasteiger partial charge is 0.409 e. The van der Waals surface area contributed by atoms with Crippen LogP contribution >= 0.6 is 0 Å². The number of rotatable bonds is 6. The lowest BCUT2D eigenvalue weighted by atomic mass is 10.0. The number of hydrogen-bond acceptors (Lipinski definition) is 5. The van der Waals surface area contributed by atoms with Gasteiger partial charge in [-0.25, -0.2) is 0 Å². The van der Waals surface area contributed by atoms with Gasteiger partial charge in [-0.2, -0.15) is 0 Å². The van der Waals surface area contributed by atoms with Crippen LogP contribution in [0.25, 0.3) is 0 Å². The first-order valence-corrected chi connectivity index (χ1v) is 5.58. The first kappa shape index (κ1) is 14.4. The number of hydrogen-bond donors (Lipinski definition) is 5. The van der Waals surface area contributed by atoms with Gasteiger partial charge < -0.3 is 26.5 Å². The lowest BCUT2D eigenvalue weighted by Gasteiger charge is -2.26. The molecule has 0 atom stereocenters. The normalized spacial score (nSPS) is 12.7. The molecule has 0 saturated heterocycles. The molecule has 0 aliphatic carbocycles. The van der Waals surface area contributed by atoms with Crippen LogP contribution in [0.2, 0.25) is 0 Å². The molecule has 6 nitrogen and oxygen atoms in total. The summed E-state index contributed by atoms with van der Waals surface area (Å²) in [6.07, 6.45) is 0. The van der Waals surface area contributed by atoms with E-state index in [1.807, 2.05) is 12.1 Å². The van der Waals surface area contributed by atoms with Gasteiger partial charge in [0.2, 0.25) is 0 Å². The molecule has 0 aromatic heterocycles. The Bertz CT molecular complexity index is 400. The van der Waals surface area contributed by atoms with Crippen molar-refractivity contribution in [1.29, 1.82) is 0 Å². The first-order valence-electron chi connectivity index (χ1n) is 5.58. The fraction of sp³-hybridized carbons (Fsp3) is 0.417. The van der Waals surface area contributed by atoms with Gasteiger partial charge in [0.15, 0.2) is 5.84 Å². The van der Waals surface area contributed by atoms with Crippen molar-refractivity contribution in [3.05, 3.63) is 35.4 Å². The van der Waals surface area contributed by atoms with Gasteiger partial charge in [-0.1, -0.05) is 29.4 Å². The molecule has 1 aromatic rings. The summed E-state index contributed by atoms with van der Waals surface area (Å²) < 4.78 is 0. The molecule has 0 bridgehead atoms. The minimum absolute atomic E-state index is 0.0602. The maximum Gasteiger partial charge on any atom is 0.170 e. The Morgan fingerprint density at radius 1 is 1.28 bits per heavy atom. The molecule has 18 heavy (non-hydrogen) atoms. The fourth-order valence-corrected chi connectivity index (χ4v) is 1.33. The van der Waals surface area contributed by atoms with E-state index in [1.165, 1.54) is 0 Å². The van der Waals surface area contributed by atoms with Gasteiger partial charge in [0.1, 0.15) is 0 Å². The Kier molecular flexibility index (Phi) is 5.08. The molecule has 0 fully saturated rings. The second-order valence-electron chi connectivity index (χ2n) is 4.41. The summed E-state index contributed by atoms with van der Waals surface area (Å²) in [4.78, 5) is 0. The van der Waals surface area contributed by atoms with Crippen molar-refractivity contribution in [1.82, 2.24) is 5.32 Å². The third kappa shape index (κ3) is 3.69. The molecule has 1 aromatic carbocycles. The van der Waals surface area contributed by atoms with Crippen LogP contribution in [0.1, 0.15) is 18.1 Å². The van der Waals surface area contributed by atoms with E-state index in [0.29, 0.717) is 12.1 Å². The predicted octanol–water partition coefficient (Wildman–Crippen LogP) is -0.386. The molecule has 100 valence electrons. The average Bonchev–Trinajstić information content (AvgIpc) is 2.44. The van der Waals surface area contributed by atoms with E-state index in [1.54, 1.807) is 19.1 Å². The summed E-state index contributed by atoms with van der Waals surface area (Å²) in [5, 5.41) is 32.8. The van der Waals surface area contributed by atoms with Crippen LogP contribution in [0.4, 0.5) is 0 Å². The quantitative estimate of drug-likeness (QED) is 0.205. The van der Waals surface area contributed by atoms with Crippen molar-refractivity contribution in [3.8, 4) is 0 Å². The van der Waals surface area contributed by atoms with E-state index in [0.717, 1.165) is 5.56 Å². The van der Waals surface area contributed by atoms with Crippen molar-refractivity contribution in [2.45, 2.75) is 19.0 Å². The summed E-state index contributed by atoms with van der Waals surface area (Å²) in [6.45, 7) is 1.95. The van der Waals surface area contributed by atoms with E-state index >= 15 is 0 Å². The maximum absolute atomic E-state index is 9.13. The minimum atomic E-state index is -0.704. The number of nitrogens with one attached hydrogen (secondary N) is 1. The highest BCUT2D eigenvalue weighted by atomic mass is 16.4. The molecule has 0 saturated carbocycles. The van der Waals surface area contributed by atoms with Crippen LogP contribution in [-0.2, 0) is 6.54 Å². The molecule has 6 N–H and O–H groups in total. The van der Waals surface area contributed by atoms with E-state index < -0.39 is 5.54 Å².